The van der Waals surface area contributed by atoms with Crippen LogP contribution in [0.5, 0.6) is 0 Å². The van der Waals surface area contributed by atoms with E-state index in [-0.39, 0.29) is 0 Å². The Hall–Kier alpha value is -1.60. The third kappa shape index (κ3) is 5.56. The highest BCUT2D eigenvalue weighted by molar-refractivity contribution is 8.18. The standard InChI is InChI=1S/C8H6F7N5O8S5/c9-7(31-13,8(10,32-14)33-15)6(29-11,30-12)4(22)17-16-3(21)1-2-5(18(23)24,19(25)26)20(27)28/h1-2H2,(H,16,21)(H,17,22). The number of hydrogen-bond acceptors (Lipinski definition) is 13. The molecule has 0 aliphatic heterocycles. The maximum atomic E-state index is 14.8. The minimum absolute atomic E-state index is 0.990. The van der Waals surface area contributed by atoms with Gasteiger partial charge in [-0.1, -0.05) is 0 Å². The molecule has 33 heavy (non-hydrogen) atoms. The highest BCUT2D eigenvalue weighted by Gasteiger charge is 2.76. The number of amides is 2. The molecule has 0 bridgehead atoms. The molecule has 0 radical (unpaired) electrons. The van der Waals surface area contributed by atoms with Crippen LogP contribution in [0.3, 0.4) is 0 Å². The van der Waals surface area contributed by atoms with Crippen molar-refractivity contribution in [2.45, 2.75) is 32.0 Å². The molecule has 0 aromatic heterocycles. The second kappa shape index (κ2) is 12.2. The fourth-order valence-electron chi connectivity index (χ4n) is 1.76. The first-order chi connectivity index (χ1) is 15.2. The van der Waals surface area contributed by atoms with Crippen LogP contribution < -0.4 is 10.9 Å². The Morgan fingerprint density at radius 3 is 1.48 bits per heavy atom. The molecule has 25 heteroatoms. The molecule has 190 valence electrons. The van der Waals surface area contributed by atoms with E-state index >= 15 is 0 Å². The predicted octanol–water partition coefficient (Wildman–Crippen LogP) is 3.47. The van der Waals surface area contributed by atoms with Gasteiger partial charge >= 0.3 is 10.1 Å². The van der Waals surface area contributed by atoms with Crippen LogP contribution in [0.4, 0.5) is 28.2 Å². The molecule has 0 rings (SSSR count). The number of carbonyl (C=O) groups is 2. The van der Waals surface area contributed by atoms with Crippen molar-refractivity contribution in [2.24, 2.45) is 0 Å². The number of hydrazine groups is 1. The summed E-state index contributed by atoms with van der Waals surface area (Å²) in [5.74, 6) is -8.36. The van der Waals surface area contributed by atoms with E-state index in [2.05, 4.69) is 0 Å². The second-order valence-corrected chi connectivity index (χ2v) is 9.38. The summed E-state index contributed by atoms with van der Waals surface area (Å²) in [7, 11) is 0. The van der Waals surface area contributed by atoms with Gasteiger partial charge in [0.15, 0.2) is 21.2 Å². The van der Waals surface area contributed by atoms with Gasteiger partial charge < -0.3 is 0 Å². The van der Waals surface area contributed by atoms with Gasteiger partial charge in [-0.15, -0.1) is 0 Å². The van der Waals surface area contributed by atoms with Crippen LogP contribution in [0.25, 0.3) is 0 Å². The largest absolute Gasteiger partial charge is 0.700 e. The van der Waals surface area contributed by atoms with Crippen molar-refractivity contribution in [1.29, 1.82) is 0 Å². The Morgan fingerprint density at radius 1 is 0.758 bits per heavy atom. The van der Waals surface area contributed by atoms with Gasteiger partial charge in [0.1, 0.15) is 24.3 Å². The van der Waals surface area contributed by atoms with Gasteiger partial charge in [-0.2, -0.15) is 19.4 Å². The zero-order valence-electron chi connectivity index (χ0n) is 14.7. The average Bonchev–Trinajstić information content (AvgIpc) is 2.77. The molecule has 1 atom stereocenters. The van der Waals surface area contributed by atoms with Crippen LogP contribution in [0.1, 0.15) is 12.8 Å². The first-order valence-electron chi connectivity index (χ1n) is 7.05. The number of nitrogens with one attached hydrogen (secondary N) is 2. The van der Waals surface area contributed by atoms with Gasteiger partial charge in [0, 0.05) is 0 Å². The zero-order valence-corrected chi connectivity index (χ0v) is 18.8. The van der Waals surface area contributed by atoms with Gasteiger partial charge in [0.2, 0.25) is 5.91 Å². The third-order valence-electron chi connectivity index (χ3n) is 3.51. The van der Waals surface area contributed by atoms with E-state index in [9.17, 15) is 68.1 Å². The summed E-state index contributed by atoms with van der Waals surface area (Å²) in [4.78, 5) is 50.0. The van der Waals surface area contributed by atoms with E-state index < -0.39 is 119 Å². The number of rotatable bonds is 14. The van der Waals surface area contributed by atoms with Crippen LogP contribution in [-0.2, 0) is 9.59 Å². The molecule has 13 nitrogen and oxygen atoms in total. The SMILES string of the molecule is O=C(CCC([N+](=O)[O-])([N+](=O)[O-])[N+](=O)[O-])NNC(=O)C(SF)(SF)C(F)(SF)C(F)(SF)SF. The van der Waals surface area contributed by atoms with Crippen molar-refractivity contribution < 1.29 is 52.6 Å². The van der Waals surface area contributed by atoms with Crippen molar-refractivity contribution >= 4 is 72.6 Å². The second-order valence-electron chi connectivity index (χ2n) is 5.18. The van der Waals surface area contributed by atoms with E-state index in [1.54, 1.807) is 0 Å². The Morgan fingerprint density at radius 2 is 1.18 bits per heavy atom. The summed E-state index contributed by atoms with van der Waals surface area (Å²) >= 11 is -9.40. The van der Waals surface area contributed by atoms with E-state index in [0.717, 1.165) is 10.9 Å². The Balaban J connectivity index is 5.74. The molecule has 2 amide bonds. The zero-order chi connectivity index (χ0) is 26.3. The van der Waals surface area contributed by atoms with Crippen LogP contribution in [0.2, 0.25) is 0 Å². The predicted molar refractivity (Wildman–Crippen MR) is 103 cm³/mol. The summed E-state index contributed by atoms with van der Waals surface area (Å²) < 4.78 is 85.1. The third-order valence-corrected chi connectivity index (χ3v) is 7.91. The molecule has 0 spiro atoms. The van der Waals surface area contributed by atoms with E-state index in [1.165, 1.54) is 0 Å². The topological polar surface area (TPSA) is 188 Å². The molecule has 2 N–H and O–H groups in total. The lowest BCUT2D eigenvalue weighted by Crippen LogP contribution is -2.62. The lowest BCUT2D eigenvalue weighted by atomic mass is 10.2. The first kappa shape index (κ1) is 31.4. The summed E-state index contributed by atoms with van der Waals surface area (Å²) in [5.41, 5.74) is 2.13. The number of nitrogens with zero attached hydrogens (tertiary/aromatic N) is 3. The fourth-order valence-corrected chi connectivity index (χ4v) is 4.48. The van der Waals surface area contributed by atoms with Gasteiger partial charge in [-0.3, -0.25) is 50.8 Å². The van der Waals surface area contributed by atoms with Crippen LogP contribution in [0, 0.1) is 30.3 Å². The quantitative estimate of drug-likeness (QED) is 0.129. The van der Waals surface area contributed by atoms with E-state index in [4.69, 9.17) is 0 Å². The van der Waals surface area contributed by atoms with Gasteiger partial charge in [0.05, 0.1) is 42.9 Å². The molecule has 0 fully saturated rings. The van der Waals surface area contributed by atoms with Gasteiger partial charge in [-0.05, 0) is 0 Å². The van der Waals surface area contributed by atoms with E-state index in [0.29, 0.717) is 0 Å². The van der Waals surface area contributed by atoms with Crippen LogP contribution in [-0.4, -0.2) is 45.8 Å². The molecule has 0 aliphatic carbocycles. The minimum atomic E-state index is -5.01. The molecule has 0 aliphatic rings. The maximum absolute atomic E-state index is 14.8. The molecular formula is C8H6F7N5O8S5. The Kier molecular flexibility index (Phi) is 11.6. The minimum Gasteiger partial charge on any atom is -0.273 e. The summed E-state index contributed by atoms with van der Waals surface area (Å²) in [6, 6.07) is 0. The maximum Gasteiger partial charge on any atom is 0.700 e. The smallest absolute Gasteiger partial charge is 0.273 e. The number of halogens is 7. The lowest BCUT2D eigenvalue weighted by molar-refractivity contribution is -0.970. The molecule has 1 unspecified atom stereocenters. The van der Waals surface area contributed by atoms with Gasteiger partial charge in [-0.25, -0.2) is 8.78 Å². The average molecular weight is 593 g/mol. The van der Waals surface area contributed by atoms with Crippen molar-refractivity contribution in [1.82, 2.24) is 10.9 Å². The molecular weight excluding hydrogens is 587 g/mol. The normalized spacial score (nSPS) is 14.2. The van der Waals surface area contributed by atoms with Gasteiger partial charge in [0.25, 0.3) is 15.0 Å². The van der Waals surface area contributed by atoms with Crippen molar-refractivity contribution in [3.63, 3.8) is 0 Å². The number of nitro groups is 3. The molecule has 0 saturated heterocycles. The highest BCUT2D eigenvalue weighted by Crippen LogP contribution is 2.66. The van der Waals surface area contributed by atoms with Crippen molar-refractivity contribution in [2.75, 3.05) is 0 Å². The molecule has 0 aromatic rings. The molecule has 0 heterocycles. The highest BCUT2D eigenvalue weighted by atomic mass is 32.2. The van der Waals surface area contributed by atoms with Crippen LogP contribution >= 0.6 is 60.7 Å². The Bertz CT molecular complexity index is 759. The fraction of sp³-hybridized carbons (Fsp3) is 0.750. The Labute approximate surface area is 198 Å². The molecule has 0 saturated carbocycles. The van der Waals surface area contributed by atoms with Crippen LogP contribution in [0.15, 0.2) is 0 Å². The molecule has 0 aromatic carbocycles. The lowest BCUT2D eigenvalue weighted by Gasteiger charge is -2.39. The number of hydrogen-bond donors (Lipinski definition) is 2. The summed E-state index contributed by atoms with van der Waals surface area (Å²) in [6.45, 7) is 0. The number of alkyl halides is 2. The number of carbonyl (C=O) groups excluding carboxylic acids is 2. The summed E-state index contributed by atoms with van der Waals surface area (Å²) in [5, 5.41) is 27.2. The van der Waals surface area contributed by atoms with Crippen molar-refractivity contribution in [3.8, 4) is 0 Å². The monoisotopic (exact) mass is 593 g/mol. The summed E-state index contributed by atoms with van der Waals surface area (Å²) in [6.07, 6.45) is -3.21. The van der Waals surface area contributed by atoms with E-state index in [1.807, 2.05) is 0 Å². The first-order valence-corrected chi connectivity index (χ1v) is 10.6. The van der Waals surface area contributed by atoms with Crippen molar-refractivity contribution in [3.05, 3.63) is 30.3 Å².